The van der Waals surface area contributed by atoms with Gasteiger partial charge in [-0.1, -0.05) is 0 Å². The predicted molar refractivity (Wildman–Crippen MR) is 71.0 cm³/mol. The minimum atomic E-state index is -3.18. The normalized spacial score (nSPS) is 20.3. The molecule has 9 nitrogen and oxygen atoms in total. The molecule has 1 aliphatic rings. The maximum absolute atomic E-state index is 12.2. The number of carbonyl (C=O) groups is 2. The molecule has 0 radical (unpaired) electrons. The average Bonchev–Trinajstić information content (AvgIpc) is 3.02. The number of carboxylic acid groups (broad SMARTS) is 1. The van der Waals surface area contributed by atoms with Crippen LogP contribution < -0.4 is 0 Å². The van der Waals surface area contributed by atoms with E-state index in [9.17, 15) is 18.0 Å². The molecule has 1 aromatic heterocycles. The first kappa shape index (κ1) is 15.4. The smallest absolute Gasteiger partial charge is 0.323 e. The summed E-state index contributed by atoms with van der Waals surface area (Å²) in [6, 6.07) is -0.561. The molecule has 1 saturated heterocycles. The molecular formula is C11H16N4O5S. The molecule has 0 aromatic carbocycles. The number of aromatic nitrogens is 3. The van der Waals surface area contributed by atoms with Crippen molar-refractivity contribution in [2.75, 3.05) is 18.1 Å². The number of rotatable bonds is 6. The monoisotopic (exact) mass is 316 g/mol. The maximum Gasteiger partial charge on any atom is 0.323 e. The molecule has 1 N–H and O–H groups in total. The van der Waals surface area contributed by atoms with E-state index in [0.717, 1.165) is 4.90 Å². The van der Waals surface area contributed by atoms with Crippen molar-refractivity contribution in [1.29, 1.82) is 0 Å². The van der Waals surface area contributed by atoms with Crippen molar-refractivity contribution in [3.8, 4) is 0 Å². The van der Waals surface area contributed by atoms with Gasteiger partial charge in [0.1, 0.15) is 19.2 Å². The van der Waals surface area contributed by atoms with Gasteiger partial charge < -0.3 is 10.0 Å². The van der Waals surface area contributed by atoms with E-state index in [2.05, 4.69) is 10.1 Å². The first-order valence-electron chi connectivity index (χ1n) is 6.41. The summed E-state index contributed by atoms with van der Waals surface area (Å²) in [6.45, 7) is -0.217. The van der Waals surface area contributed by atoms with Crippen LogP contribution in [0.5, 0.6) is 0 Å². The summed E-state index contributed by atoms with van der Waals surface area (Å²) in [5.74, 6) is -1.73. The number of aryl methyl sites for hydroxylation is 1. The molecule has 1 aromatic rings. The molecule has 0 aliphatic carbocycles. The standard InChI is InChI=1S/C11H16N4O5S/c16-10(1-3-14-8-12-7-13-14)15(5-11(17)18)9-2-4-21(19,20)6-9/h7-9H,1-6H2,(H,17,18). The third-order valence-electron chi connectivity index (χ3n) is 3.30. The lowest BCUT2D eigenvalue weighted by molar-refractivity contribution is -0.146. The molecule has 0 bridgehead atoms. The number of hydrogen-bond donors (Lipinski definition) is 1. The zero-order valence-corrected chi connectivity index (χ0v) is 12.1. The van der Waals surface area contributed by atoms with E-state index < -0.39 is 34.3 Å². The summed E-state index contributed by atoms with van der Waals surface area (Å²) < 4.78 is 24.4. The third-order valence-corrected chi connectivity index (χ3v) is 5.05. The Kier molecular flexibility index (Phi) is 4.56. The maximum atomic E-state index is 12.2. The van der Waals surface area contributed by atoms with E-state index in [4.69, 9.17) is 5.11 Å². The van der Waals surface area contributed by atoms with Crippen LogP contribution in [0.2, 0.25) is 0 Å². The zero-order chi connectivity index (χ0) is 15.5. The molecule has 1 fully saturated rings. The second-order valence-electron chi connectivity index (χ2n) is 4.88. The molecule has 0 spiro atoms. The first-order valence-corrected chi connectivity index (χ1v) is 8.23. The molecular weight excluding hydrogens is 300 g/mol. The van der Waals surface area contributed by atoms with E-state index in [1.165, 1.54) is 17.3 Å². The van der Waals surface area contributed by atoms with Crippen LogP contribution in [0.25, 0.3) is 0 Å². The summed E-state index contributed by atoms with van der Waals surface area (Å²) in [4.78, 5) is 28.0. The Bertz CT molecular complexity index is 613. The Labute approximate surface area is 121 Å². The Morgan fingerprint density at radius 2 is 2.19 bits per heavy atom. The fraction of sp³-hybridized carbons (Fsp3) is 0.636. The van der Waals surface area contributed by atoms with Crippen LogP contribution in [-0.4, -0.2) is 69.2 Å². The minimum absolute atomic E-state index is 0.00978. The van der Waals surface area contributed by atoms with Crippen molar-refractivity contribution in [3.05, 3.63) is 12.7 Å². The fourth-order valence-electron chi connectivity index (χ4n) is 2.29. The van der Waals surface area contributed by atoms with E-state index in [-0.39, 0.29) is 30.9 Å². The highest BCUT2D eigenvalue weighted by Gasteiger charge is 2.35. The number of hydrogen-bond acceptors (Lipinski definition) is 6. The molecule has 0 saturated carbocycles. The van der Waals surface area contributed by atoms with Gasteiger partial charge in [0.05, 0.1) is 18.1 Å². The van der Waals surface area contributed by atoms with Gasteiger partial charge in [-0.05, 0) is 6.42 Å². The molecule has 21 heavy (non-hydrogen) atoms. The number of carbonyl (C=O) groups excluding carboxylic acids is 1. The van der Waals surface area contributed by atoms with Crippen molar-refractivity contribution in [3.63, 3.8) is 0 Å². The Balaban J connectivity index is 2.01. The van der Waals surface area contributed by atoms with E-state index >= 15 is 0 Å². The number of aliphatic carboxylic acids is 1. The lowest BCUT2D eigenvalue weighted by Crippen LogP contribution is -2.44. The Morgan fingerprint density at radius 3 is 2.71 bits per heavy atom. The molecule has 1 aliphatic heterocycles. The average molecular weight is 316 g/mol. The van der Waals surface area contributed by atoms with Crippen LogP contribution in [0, 0.1) is 0 Å². The third kappa shape index (κ3) is 4.25. The molecule has 1 atom stereocenters. The number of amides is 1. The van der Waals surface area contributed by atoms with Crippen LogP contribution in [0.1, 0.15) is 12.8 Å². The number of nitrogens with zero attached hydrogens (tertiary/aromatic N) is 4. The van der Waals surface area contributed by atoms with Gasteiger partial charge in [0, 0.05) is 12.5 Å². The van der Waals surface area contributed by atoms with Crippen molar-refractivity contribution in [2.24, 2.45) is 0 Å². The molecule has 1 amide bonds. The van der Waals surface area contributed by atoms with Gasteiger partial charge in [0.15, 0.2) is 9.84 Å². The van der Waals surface area contributed by atoms with Gasteiger partial charge >= 0.3 is 5.97 Å². The van der Waals surface area contributed by atoms with Crippen LogP contribution in [-0.2, 0) is 26.0 Å². The topological polar surface area (TPSA) is 122 Å². The van der Waals surface area contributed by atoms with Gasteiger partial charge in [-0.25, -0.2) is 13.4 Å². The summed E-state index contributed by atoms with van der Waals surface area (Å²) in [5, 5.41) is 12.8. The lowest BCUT2D eigenvalue weighted by Gasteiger charge is -2.26. The van der Waals surface area contributed by atoms with E-state index in [0.29, 0.717) is 0 Å². The Hall–Kier alpha value is -1.97. The lowest BCUT2D eigenvalue weighted by atomic mass is 10.2. The predicted octanol–water partition coefficient (Wildman–Crippen LogP) is -1.23. The fourth-order valence-corrected chi connectivity index (χ4v) is 4.02. The molecule has 2 rings (SSSR count). The van der Waals surface area contributed by atoms with Crippen molar-refractivity contribution < 1.29 is 23.1 Å². The molecule has 1 unspecified atom stereocenters. The second-order valence-corrected chi connectivity index (χ2v) is 7.11. The number of sulfone groups is 1. The SMILES string of the molecule is O=C(O)CN(C(=O)CCn1cncn1)C1CCS(=O)(=O)C1. The van der Waals surface area contributed by atoms with Crippen LogP contribution in [0.3, 0.4) is 0 Å². The van der Waals surface area contributed by atoms with Crippen LogP contribution in [0.15, 0.2) is 12.7 Å². The summed E-state index contributed by atoms with van der Waals surface area (Å²) in [6.07, 6.45) is 3.12. The summed E-state index contributed by atoms with van der Waals surface area (Å²) in [7, 11) is -3.18. The van der Waals surface area contributed by atoms with Gasteiger partial charge in [-0.2, -0.15) is 5.10 Å². The van der Waals surface area contributed by atoms with Crippen molar-refractivity contribution >= 4 is 21.7 Å². The minimum Gasteiger partial charge on any atom is -0.480 e. The van der Waals surface area contributed by atoms with Crippen molar-refractivity contribution in [2.45, 2.75) is 25.4 Å². The van der Waals surface area contributed by atoms with Crippen molar-refractivity contribution in [1.82, 2.24) is 19.7 Å². The highest BCUT2D eigenvalue weighted by Crippen LogP contribution is 2.18. The first-order chi connectivity index (χ1) is 9.87. The summed E-state index contributed by atoms with van der Waals surface area (Å²) in [5.41, 5.74) is 0. The zero-order valence-electron chi connectivity index (χ0n) is 11.3. The second kappa shape index (κ2) is 6.20. The quantitative estimate of drug-likeness (QED) is 0.697. The van der Waals surface area contributed by atoms with E-state index in [1.54, 1.807) is 0 Å². The van der Waals surface area contributed by atoms with Gasteiger partial charge in [0.25, 0.3) is 0 Å². The largest absolute Gasteiger partial charge is 0.480 e. The van der Waals surface area contributed by atoms with Crippen LogP contribution in [0.4, 0.5) is 0 Å². The molecule has 116 valence electrons. The van der Waals surface area contributed by atoms with Crippen LogP contribution >= 0.6 is 0 Å². The highest BCUT2D eigenvalue weighted by atomic mass is 32.2. The Morgan fingerprint density at radius 1 is 1.43 bits per heavy atom. The summed E-state index contributed by atoms with van der Waals surface area (Å²) >= 11 is 0. The van der Waals surface area contributed by atoms with Gasteiger partial charge in [-0.3, -0.25) is 14.3 Å². The van der Waals surface area contributed by atoms with Gasteiger partial charge in [-0.15, -0.1) is 0 Å². The molecule has 10 heteroatoms. The highest BCUT2D eigenvalue weighted by molar-refractivity contribution is 7.91. The van der Waals surface area contributed by atoms with Gasteiger partial charge in [0.2, 0.25) is 5.91 Å². The van der Waals surface area contributed by atoms with E-state index in [1.807, 2.05) is 0 Å². The molecule has 2 heterocycles. The number of carboxylic acids is 1.